The molecule has 0 aromatic heterocycles. The van der Waals surface area contributed by atoms with Crippen LogP contribution in [0.2, 0.25) is 10.0 Å². The number of halogens is 3. The summed E-state index contributed by atoms with van der Waals surface area (Å²) in [4.78, 5) is 30.1. The number of rotatable bonds is 14. The normalized spacial score (nSPS) is 13.9. The van der Waals surface area contributed by atoms with Crippen molar-refractivity contribution in [1.29, 1.82) is 0 Å². The first-order chi connectivity index (χ1) is 23.6. The molecule has 1 atom stereocenters. The van der Waals surface area contributed by atoms with Gasteiger partial charge in [-0.2, -0.15) is 0 Å². The molecule has 0 bridgehead atoms. The van der Waals surface area contributed by atoms with Crippen LogP contribution >= 0.6 is 23.2 Å². The van der Waals surface area contributed by atoms with E-state index in [1.807, 2.05) is 37.3 Å². The summed E-state index contributed by atoms with van der Waals surface area (Å²) in [5, 5.41) is 3.71. The molecule has 258 valence electrons. The Balaban J connectivity index is 1.58. The molecule has 2 amide bonds. The molecular formula is C37H38Cl2FN3O5S. The molecular weight excluding hydrogens is 688 g/mol. The molecule has 12 heteroatoms. The summed E-state index contributed by atoms with van der Waals surface area (Å²) in [6, 6.07) is 23.8. The first kappa shape index (κ1) is 36.2. The van der Waals surface area contributed by atoms with Crippen molar-refractivity contribution in [3.63, 3.8) is 0 Å². The second-order valence-electron chi connectivity index (χ2n) is 11.8. The molecule has 0 heterocycles. The second kappa shape index (κ2) is 16.5. The highest BCUT2D eigenvalue weighted by molar-refractivity contribution is 7.92. The molecule has 1 aliphatic rings. The Hall–Kier alpha value is -4.12. The van der Waals surface area contributed by atoms with Gasteiger partial charge in [-0.15, -0.1) is 0 Å². The lowest BCUT2D eigenvalue weighted by Crippen LogP contribution is -2.54. The van der Waals surface area contributed by atoms with Crippen LogP contribution in [0.4, 0.5) is 10.1 Å². The zero-order chi connectivity index (χ0) is 35.0. The molecule has 0 aliphatic heterocycles. The lowest BCUT2D eigenvalue weighted by molar-refractivity contribution is -0.140. The summed E-state index contributed by atoms with van der Waals surface area (Å²) in [6.45, 7) is 1.33. The van der Waals surface area contributed by atoms with Crippen LogP contribution in [-0.2, 0) is 32.6 Å². The van der Waals surface area contributed by atoms with Gasteiger partial charge in [0.25, 0.3) is 10.0 Å². The summed E-state index contributed by atoms with van der Waals surface area (Å²) < 4.78 is 48.9. The van der Waals surface area contributed by atoms with Gasteiger partial charge in [0, 0.05) is 34.6 Å². The maximum Gasteiger partial charge on any atom is 0.264 e. The van der Waals surface area contributed by atoms with Crippen LogP contribution in [0.3, 0.4) is 0 Å². The fraction of sp³-hybridized carbons (Fsp3) is 0.297. The number of sulfonamides is 1. The average Bonchev–Trinajstić information content (AvgIpc) is 3.60. The summed E-state index contributed by atoms with van der Waals surface area (Å²) >= 11 is 13.2. The number of nitrogens with zero attached hydrogens (tertiary/aromatic N) is 2. The van der Waals surface area contributed by atoms with Crippen LogP contribution in [0, 0.1) is 5.82 Å². The van der Waals surface area contributed by atoms with E-state index in [0.29, 0.717) is 17.9 Å². The van der Waals surface area contributed by atoms with Crippen LogP contribution in [-0.4, -0.2) is 50.4 Å². The number of benzene rings is 4. The third-order valence-electron chi connectivity index (χ3n) is 8.48. The van der Waals surface area contributed by atoms with Crippen molar-refractivity contribution in [2.24, 2.45) is 0 Å². The van der Waals surface area contributed by atoms with Crippen molar-refractivity contribution in [3.8, 4) is 5.75 Å². The summed E-state index contributed by atoms with van der Waals surface area (Å²) in [5.74, 6) is -1.15. The highest BCUT2D eigenvalue weighted by Crippen LogP contribution is 2.30. The molecule has 4 aromatic rings. The highest BCUT2D eigenvalue weighted by Gasteiger charge is 2.36. The predicted molar refractivity (Wildman–Crippen MR) is 190 cm³/mol. The van der Waals surface area contributed by atoms with Crippen molar-refractivity contribution in [1.82, 2.24) is 10.2 Å². The zero-order valence-corrected chi connectivity index (χ0v) is 29.4. The number of hydrogen-bond acceptors (Lipinski definition) is 5. The summed E-state index contributed by atoms with van der Waals surface area (Å²) in [7, 11) is -4.38. The molecule has 0 spiro atoms. The Bertz CT molecular complexity index is 1820. The lowest BCUT2D eigenvalue weighted by atomic mass is 10.0. The number of ether oxygens (including phenoxy) is 1. The molecule has 4 aromatic carbocycles. The second-order valence-corrected chi connectivity index (χ2v) is 14.5. The first-order valence-electron chi connectivity index (χ1n) is 16.1. The summed E-state index contributed by atoms with van der Waals surface area (Å²) in [5.41, 5.74) is 1.28. The number of nitrogens with one attached hydrogen (secondary N) is 1. The van der Waals surface area contributed by atoms with Crippen LogP contribution in [0.15, 0.2) is 102 Å². The van der Waals surface area contributed by atoms with Crippen molar-refractivity contribution >= 4 is 50.7 Å². The smallest absolute Gasteiger partial charge is 0.264 e. The molecule has 1 unspecified atom stereocenters. The minimum atomic E-state index is -4.38. The van der Waals surface area contributed by atoms with E-state index in [4.69, 9.17) is 27.9 Å². The van der Waals surface area contributed by atoms with Gasteiger partial charge in [0.05, 0.1) is 17.2 Å². The number of anilines is 1. The van der Waals surface area contributed by atoms with Gasteiger partial charge in [0.2, 0.25) is 11.8 Å². The largest absolute Gasteiger partial charge is 0.494 e. The Morgan fingerprint density at radius 3 is 2.14 bits per heavy atom. The fourth-order valence-corrected chi connectivity index (χ4v) is 7.84. The predicted octanol–water partition coefficient (Wildman–Crippen LogP) is 7.43. The van der Waals surface area contributed by atoms with E-state index in [1.165, 1.54) is 41.3 Å². The van der Waals surface area contributed by atoms with Crippen LogP contribution in [0.5, 0.6) is 5.75 Å². The third kappa shape index (κ3) is 9.12. The summed E-state index contributed by atoms with van der Waals surface area (Å²) in [6.07, 6.45) is 3.78. The Morgan fingerprint density at radius 1 is 0.898 bits per heavy atom. The molecule has 0 saturated heterocycles. The molecule has 1 aliphatic carbocycles. The van der Waals surface area contributed by atoms with E-state index < -0.39 is 34.3 Å². The van der Waals surface area contributed by atoms with Gasteiger partial charge in [0.15, 0.2) is 0 Å². The van der Waals surface area contributed by atoms with Gasteiger partial charge < -0.3 is 15.0 Å². The van der Waals surface area contributed by atoms with Gasteiger partial charge in [-0.25, -0.2) is 12.8 Å². The van der Waals surface area contributed by atoms with Crippen molar-refractivity contribution in [2.75, 3.05) is 17.5 Å². The number of hydrogen-bond donors (Lipinski definition) is 1. The quantitative estimate of drug-likeness (QED) is 0.146. The minimum Gasteiger partial charge on any atom is -0.494 e. The highest BCUT2D eigenvalue weighted by atomic mass is 35.5. The number of carbonyl (C=O) groups excluding carboxylic acids is 2. The molecule has 0 radical (unpaired) electrons. The van der Waals surface area contributed by atoms with Crippen molar-refractivity contribution < 1.29 is 27.1 Å². The van der Waals surface area contributed by atoms with E-state index in [0.717, 1.165) is 47.7 Å². The third-order valence-corrected chi connectivity index (χ3v) is 11.0. The SMILES string of the molecule is CCOc1ccc(S(=O)(=O)N(CC(=O)N(Cc2c(Cl)cccc2Cl)C(Cc2ccccc2)C(=O)NC2CCCC2)c2ccc(F)cc2)cc1. The van der Waals surface area contributed by atoms with E-state index in [-0.39, 0.29) is 45.5 Å². The van der Waals surface area contributed by atoms with E-state index in [1.54, 1.807) is 18.2 Å². The first-order valence-corrected chi connectivity index (χ1v) is 18.3. The standard InChI is InChI=1S/C37H38Cl2FN3O5S/c1-2-48-30-19-21-31(22-20-30)49(46,47)43(29-17-15-27(40)16-18-29)25-36(44)42(24-32-33(38)13-8-14-34(32)39)35(23-26-9-4-3-5-10-26)37(45)41-28-11-6-7-12-28/h3-5,8-10,13-22,28,35H,2,6-7,11-12,23-25H2,1H3,(H,41,45). The van der Waals surface area contributed by atoms with Crippen LogP contribution < -0.4 is 14.4 Å². The monoisotopic (exact) mass is 725 g/mol. The van der Waals surface area contributed by atoms with Crippen molar-refractivity contribution in [3.05, 3.63) is 124 Å². The molecule has 5 rings (SSSR count). The van der Waals surface area contributed by atoms with E-state index in [9.17, 15) is 22.4 Å². The molecule has 8 nitrogen and oxygen atoms in total. The number of amides is 2. The van der Waals surface area contributed by atoms with Gasteiger partial charge in [-0.3, -0.25) is 13.9 Å². The molecule has 1 N–H and O–H groups in total. The van der Waals surface area contributed by atoms with Gasteiger partial charge >= 0.3 is 0 Å². The fourth-order valence-electron chi connectivity index (χ4n) is 5.91. The topological polar surface area (TPSA) is 96.0 Å². The van der Waals surface area contributed by atoms with Crippen LogP contribution in [0.25, 0.3) is 0 Å². The average molecular weight is 727 g/mol. The molecule has 1 fully saturated rings. The maximum absolute atomic E-state index is 14.7. The van der Waals surface area contributed by atoms with Gasteiger partial charge in [-0.05, 0) is 86.0 Å². The molecule has 49 heavy (non-hydrogen) atoms. The maximum atomic E-state index is 14.7. The van der Waals surface area contributed by atoms with Crippen molar-refractivity contribution in [2.45, 2.75) is 62.6 Å². The van der Waals surface area contributed by atoms with Gasteiger partial charge in [-0.1, -0.05) is 72.4 Å². The lowest BCUT2D eigenvalue weighted by Gasteiger charge is -2.34. The zero-order valence-electron chi connectivity index (χ0n) is 27.0. The van der Waals surface area contributed by atoms with E-state index >= 15 is 0 Å². The minimum absolute atomic E-state index is 0.0395. The number of carbonyl (C=O) groups is 2. The van der Waals surface area contributed by atoms with E-state index in [2.05, 4.69) is 5.32 Å². The molecule has 1 saturated carbocycles. The Labute approximate surface area is 296 Å². The Morgan fingerprint density at radius 2 is 1.53 bits per heavy atom. The Kier molecular flexibility index (Phi) is 12.2. The van der Waals surface area contributed by atoms with Gasteiger partial charge in [0.1, 0.15) is 24.2 Å². The van der Waals surface area contributed by atoms with Crippen LogP contribution in [0.1, 0.15) is 43.7 Å².